The summed E-state index contributed by atoms with van der Waals surface area (Å²) >= 11 is 0. The molecule has 15 heteroatoms. The van der Waals surface area contributed by atoms with Crippen molar-refractivity contribution in [2.45, 2.75) is 261 Å². The third kappa shape index (κ3) is 27.9. The van der Waals surface area contributed by atoms with Crippen LogP contribution in [0.25, 0.3) is 0 Å². The zero-order valence-corrected chi connectivity index (χ0v) is 41.8. The van der Waals surface area contributed by atoms with E-state index in [0.717, 1.165) is 57.8 Å². The van der Waals surface area contributed by atoms with Gasteiger partial charge in [-0.05, 0) is 70.6 Å². The van der Waals surface area contributed by atoms with E-state index in [0.29, 0.717) is 12.8 Å². The highest BCUT2D eigenvalue weighted by Crippen LogP contribution is 2.26. The lowest BCUT2D eigenvalue weighted by molar-refractivity contribution is -0.332. The lowest BCUT2D eigenvalue weighted by Gasteiger charge is -2.42. The molecule has 0 aromatic heterocycles. The van der Waals surface area contributed by atoms with Crippen LogP contribution in [0.3, 0.4) is 0 Å². The minimum atomic E-state index is -1.77. The molecule has 7 N–H and O–H groups in total. The number of esters is 2. The van der Waals surface area contributed by atoms with Crippen molar-refractivity contribution in [3.05, 3.63) is 36.5 Å². The first-order chi connectivity index (χ1) is 33.0. The largest absolute Gasteiger partial charge is 0.462 e. The Bertz CT molecular complexity index is 1330. The summed E-state index contributed by atoms with van der Waals surface area (Å²) in [5, 5.41) is 72.1. The van der Waals surface area contributed by atoms with E-state index in [1.165, 1.54) is 96.3 Å². The van der Waals surface area contributed by atoms with Crippen LogP contribution in [0.4, 0.5) is 0 Å². The van der Waals surface area contributed by atoms with Gasteiger partial charge in [-0.15, -0.1) is 0 Å². The average molecular weight is 971 g/mol. The van der Waals surface area contributed by atoms with Crippen molar-refractivity contribution in [2.75, 3.05) is 26.4 Å². The maximum absolute atomic E-state index is 13.0. The van der Waals surface area contributed by atoms with Gasteiger partial charge in [0.1, 0.15) is 55.4 Å². The van der Waals surface area contributed by atoms with Crippen LogP contribution in [0, 0.1) is 0 Å². The Morgan fingerprint density at radius 1 is 0.471 bits per heavy atom. The number of aliphatic hydroxyl groups is 7. The molecule has 0 aromatic carbocycles. The van der Waals surface area contributed by atoms with Crippen molar-refractivity contribution in [2.24, 2.45) is 0 Å². The second-order valence-electron chi connectivity index (χ2n) is 18.7. The Kier molecular flexibility index (Phi) is 36.7. The Hall–Kier alpha value is -2.28. The lowest BCUT2D eigenvalue weighted by atomic mass is 9.98. The standard InChI is InChI=1S/C53H94O15/c1-3-5-7-9-11-13-15-17-19-20-22-24-26-28-30-32-34-36-45(56)66-41(38-63-44(55)35-33-31-29-27-25-23-21-18-16-14-12-10-8-6-4-2)39-64-52-51(62)49(60)47(58)43(68-52)40-65-53-50(61)48(59)46(57)42(37-54)67-53/h13,15,18,21,25,27,41-43,46-54,57-62H,3-12,14,16-17,19-20,22-24,26,28-40H2,1-2H3/b15-13+,21-18+,27-25+/t41-,42+,43+,46-,47-,48?,49?,50?,51?,52+,53+/m1/s1. The van der Waals surface area contributed by atoms with Gasteiger partial charge in [-0.1, -0.05) is 147 Å². The number of hydrogen-bond donors (Lipinski definition) is 7. The predicted octanol–water partition coefficient (Wildman–Crippen LogP) is 7.71. The number of carbonyl (C=O) groups is 2. The van der Waals surface area contributed by atoms with Gasteiger partial charge in [-0.3, -0.25) is 9.59 Å². The highest BCUT2D eigenvalue weighted by Gasteiger charge is 2.47. The molecule has 2 aliphatic heterocycles. The van der Waals surface area contributed by atoms with Gasteiger partial charge in [0.2, 0.25) is 0 Å². The molecule has 0 amide bonds. The normalized spacial score (nSPS) is 26.0. The molecule has 2 saturated heterocycles. The molecule has 2 heterocycles. The quantitative estimate of drug-likeness (QED) is 0.0177. The number of allylic oxidation sites excluding steroid dienone is 6. The highest BCUT2D eigenvalue weighted by molar-refractivity contribution is 5.70. The highest BCUT2D eigenvalue weighted by atomic mass is 16.7. The molecule has 396 valence electrons. The van der Waals surface area contributed by atoms with Crippen molar-refractivity contribution >= 4 is 11.9 Å². The molecule has 11 atom stereocenters. The van der Waals surface area contributed by atoms with Crippen molar-refractivity contribution in [1.29, 1.82) is 0 Å². The number of aliphatic hydroxyl groups excluding tert-OH is 7. The van der Waals surface area contributed by atoms with Gasteiger partial charge in [0.15, 0.2) is 18.7 Å². The van der Waals surface area contributed by atoms with E-state index in [4.69, 9.17) is 28.4 Å². The van der Waals surface area contributed by atoms with Crippen LogP contribution in [0.2, 0.25) is 0 Å². The molecule has 0 bridgehead atoms. The van der Waals surface area contributed by atoms with E-state index in [1.54, 1.807) is 0 Å². The molecule has 4 unspecified atom stereocenters. The summed E-state index contributed by atoms with van der Waals surface area (Å²) in [5.74, 6) is -0.962. The third-order valence-electron chi connectivity index (χ3n) is 12.6. The molecule has 0 spiro atoms. The second kappa shape index (κ2) is 40.3. The average Bonchev–Trinajstić information content (AvgIpc) is 3.33. The minimum Gasteiger partial charge on any atom is -0.462 e. The molecule has 0 aliphatic carbocycles. The summed E-state index contributed by atoms with van der Waals surface area (Å²) in [6.07, 6.45) is 26.0. The molecular formula is C53H94O15. The predicted molar refractivity (Wildman–Crippen MR) is 261 cm³/mol. The van der Waals surface area contributed by atoms with Crippen molar-refractivity contribution in [3.8, 4) is 0 Å². The van der Waals surface area contributed by atoms with E-state index in [-0.39, 0.29) is 19.4 Å². The number of ether oxygens (including phenoxy) is 6. The summed E-state index contributed by atoms with van der Waals surface area (Å²) in [7, 11) is 0. The SMILES string of the molecule is CCCCCC/C=C/CCCCCCCCCCCC(=O)O[C@H](COC(=O)CCCC/C=C/C/C=C/CCCCCCCC)CO[C@H]1O[C@@H](CO[C@H]2O[C@@H](CO)[C@@H](O)C(O)C2O)[C@@H](O)C(O)C1O. The fourth-order valence-corrected chi connectivity index (χ4v) is 8.18. The Balaban J connectivity index is 1.81. The smallest absolute Gasteiger partial charge is 0.306 e. The first-order valence-corrected chi connectivity index (χ1v) is 26.6. The van der Waals surface area contributed by atoms with Crippen LogP contribution in [0.15, 0.2) is 36.5 Å². The lowest BCUT2D eigenvalue weighted by Crippen LogP contribution is -2.61. The summed E-state index contributed by atoms with van der Waals surface area (Å²) < 4.78 is 33.6. The molecule has 0 radical (unpaired) electrons. The van der Waals surface area contributed by atoms with E-state index >= 15 is 0 Å². The maximum Gasteiger partial charge on any atom is 0.306 e. The van der Waals surface area contributed by atoms with Gasteiger partial charge in [0.05, 0.1) is 19.8 Å². The van der Waals surface area contributed by atoms with Crippen molar-refractivity contribution in [1.82, 2.24) is 0 Å². The molecule has 68 heavy (non-hydrogen) atoms. The molecule has 0 saturated carbocycles. The summed E-state index contributed by atoms with van der Waals surface area (Å²) in [5.41, 5.74) is 0. The molecule has 2 aliphatic rings. The van der Waals surface area contributed by atoms with Crippen molar-refractivity contribution < 1.29 is 73.8 Å². The Labute approximate surface area is 408 Å². The Morgan fingerprint density at radius 3 is 1.43 bits per heavy atom. The second-order valence-corrected chi connectivity index (χ2v) is 18.7. The third-order valence-corrected chi connectivity index (χ3v) is 12.6. The van der Waals surface area contributed by atoms with Crippen LogP contribution >= 0.6 is 0 Å². The van der Waals surface area contributed by atoms with Gasteiger partial charge < -0.3 is 64.2 Å². The maximum atomic E-state index is 13.0. The summed E-state index contributed by atoms with van der Waals surface area (Å²) in [4.78, 5) is 25.8. The Morgan fingerprint density at radius 2 is 0.882 bits per heavy atom. The van der Waals surface area contributed by atoms with Crippen LogP contribution in [-0.2, 0) is 38.0 Å². The van der Waals surface area contributed by atoms with Gasteiger partial charge in [-0.25, -0.2) is 0 Å². The van der Waals surface area contributed by atoms with Crippen molar-refractivity contribution in [3.63, 3.8) is 0 Å². The first kappa shape index (κ1) is 61.8. The van der Waals surface area contributed by atoms with Crippen LogP contribution in [-0.4, -0.2) is 142 Å². The van der Waals surface area contributed by atoms with Crippen LogP contribution < -0.4 is 0 Å². The van der Waals surface area contributed by atoms with E-state index in [9.17, 15) is 45.3 Å². The summed E-state index contributed by atoms with van der Waals surface area (Å²) in [6, 6.07) is 0. The van der Waals surface area contributed by atoms with Gasteiger partial charge in [0.25, 0.3) is 0 Å². The topological polar surface area (TPSA) is 231 Å². The molecule has 2 fully saturated rings. The van der Waals surface area contributed by atoms with E-state index in [2.05, 4.69) is 50.3 Å². The van der Waals surface area contributed by atoms with E-state index < -0.39 is 99.3 Å². The summed E-state index contributed by atoms with van der Waals surface area (Å²) in [6.45, 7) is 2.54. The number of unbranched alkanes of at least 4 members (excludes halogenated alkanes) is 21. The van der Waals surface area contributed by atoms with Gasteiger partial charge in [0, 0.05) is 12.8 Å². The monoisotopic (exact) mass is 971 g/mol. The van der Waals surface area contributed by atoms with Crippen LogP contribution in [0.5, 0.6) is 0 Å². The van der Waals surface area contributed by atoms with Crippen LogP contribution in [0.1, 0.15) is 194 Å². The fraction of sp³-hybridized carbons (Fsp3) is 0.849. The van der Waals surface area contributed by atoms with E-state index in [1.807, 2.05) is 0 Å². The minimum absolute atomic E-state index is 0.157. The van der Waals surface area contributed by atoms with Gasteiger partial charge >= 0.3 is 11.9 Å². The first-order valence-electron chi connectivity index (χ1n) is 26.6. The van der Waals surface area contributed by atoms with Gasteiger partial charge in [-0.2, -0.15) is 0 Å². The number of carbonyl (C=O) groups excluding carboxylic acids is 2. The number of hydrogen-bond acceptors (Lipinski definition) is 15. The molecule has 0 aromatic rings. The molecule has 15 nitrogen and oxygen atoms in total. The fourth-order valence-electron chi connectivity index (χ4n) is 8.18. The molecule has 2 rings (SSSR count). The zero-order valence-electron chi connectivity index (χ0n) is 41.8. The number of rotatable bonds is 41. The zero-order chi connectivity index (χ0) is 49.6. The molecular weight excluding hydrogens is 877 g/mol.